The van der Waals surface area contributed by atoms with Gasteiger partial charge in [-0.2, -0.15) is 0 Å². The highest BCUT2D eigenvalue weighted by Crippen LogP contribution is 2.22. The van der Waals surface area contributed by atoms with Gasteiger partial charge in [-0.25, -0.2) is 0 Å². The van der Waals surface area contributed by atoms with Gasteiger partial charge in [0, 0.05) is 36.7 Å². The van der Waals surface area contributed by atoms with E-state index in [0.29, 0.717) is 5.56 Å². The third-order valence-corrected chi connectivity index (χ3v) is 1.84. The first-order valence-electron chi connectivity index (χ1n) is 3.60. The third-order valence-electron chi connectivity index (χ3n) is 1.84. The topological polar surface area (TPSA) is 56.0 Å². The molecule has 0 saturated carbocycles. The lowest BCUT2D eigenvalue weighted by atomic mass is 9.97. The van der Waals surface area contributed by atoms with Gasteiger partial charge >= 0.3 is 0 Å². The summed E-state index contributed by atoms with van der Waals surface area (Å²) in [6, 6.07) is 3.31. The molecule has 0 spiro atoms. The van der Waals surface area contributed by atoms with Crippen LogP contribution in [0.15, 0.2) is 24.5 Å². The Labute approximate surface area is 70.4 Å². The lowest BCUT2D eigenvalue weighted by Gasteiger charge is -2.14. The van der Waals surface area contributed by atoms with E-state index in [4.69, 9.17) is 0 Å². The first-order chi connectivity index (χ1) is 5.55. The molecule has 0 bridgehead atoms. The fourth-order valence-corrected chi connectivity index (χ4v) is 0.865. The summed E-state index contributed by atoms with van der Waals surface area (Å²) in [4.78, 5) is 14.1. The zero-order chi connectivity index (χ0) is 9.19. The van der Waals surface area contributed by atoms with Crippen molar-refractivity contribution in [3.63, 3.8) is 0 Å². The first kappa shape index (κ1) is 8.64. The Morgan fingerprint density at radius 3 is 2.33 bits per heavy atom. The van der Waals surface area contributed by atoms with Gasteiger partial charge in [0.15, 0.2) is 0 Å². The fourth-order valence-electron chi connectivity index (χ4n) is 0.865. The van der Waals surface area contributed by atoms with Crippen molar-refractivity contribution in [2.45, 2.75) is 19.4 Å². The molecule has 0 aromatic carbocycles. The number of nitrogens with zero attached hydrogens (tertiary/aromatic N) is 2. The molecule has 4 nitrogen and oxygen atoms in total. The Morgan fingerprint density at radius 1 is 1.42 bits per heavy atom. The second kappa shape index (κ2) is 2.89. The van der Waals surface area contributed by atoms with Crippen LogP contribution >= 0.6 is 0 Å². The lowest BCUT2D eigenvalue weighted by Crippen LogP contribution is -2.27. The van der Waals surface area contributed by atoms with Crippen molar-refractivity contribution in [1.82, 2.24) is 4.98 Å². The van der Waals surface area contributed by atoms with Crippen LogP contribution in [0.1, 0.15) is 19.4 Å². The van der Waals surface area contributed by atoms with Gasteiger partial charge in [0.05, 0.1) is 0 Å². The summed E-state index contributed by atoms with van der Waals surface area (Å²) in [7, 11) is 0. The molecule has 0 radical (unpaired) electrons. The molecule has 0 N–H and O–H groups in total. The van der Waals surface area contributed by atoms with Crippen LogP contribution in [0, 0.1) is 10.1 Å². The molecule has 0 fully saturated rings. The van der Waals surface area contributed by atoms with Gasteiger partial charge in [-0.3, -0.25) is 15.1 Å². The summed E-state index contributed by atoms with van der Waals surface area (Å²) in [6.45, 7) is 3.14. The Bertz CT molecular complexity index is 282. The van der Waals surface area contributed by atoms with E-state index in [9.17, 15) is 10.1 Å². The Balaban J connectivity index is 3.06. The quantitative estimate of drug-likeness (QED) is 0.495. The van der Waals surface area contributed by atoms with E-state index in [1.54, 1.807) is 38.4 Å². The monoisotopic (exact) mass is 166 g/mol. The number of hydrogen-bond acceptors (Lipinski definition) is 3. The van der Waals surface area contributed by atoms with Crippen molar-refractivity contribution < 1.29 is 4.92 Å². The van der Waals surface area contributed by atoms with Crippen LogP contribution in [-0.4, -0.2) is 9.91 Å². The van der Waals surface area contributed by atoms with E-state index >= 15 is 0 Å². The Hall–Kier alpha value is -1.45. The van der Waals surface area contributed by atoms with Crippen LogP contribution < -0.4 is 0 Å². The molecular weight excluding hydrogens is 156 g/mol. The maximum Gasteiger partial charge on any atom is 0.241 e. The molecule has 4 heteroatoms. The van der Waals surface area contributed by atoms with E-state index in [2.05, 4.69) is 4.98 Å². The molecule has 0 aliphatic rings. The largest absolute Gasteiger partial charge is 0.265 e. The maximum absolute atomic E-state index is 10.6. The Kier molecular flexibility index (Phi) is 2.08. The minimum absolute atomic E-state index is 0.303. The van der Waals surface area contributed by atoms with E-state index in [-0.39, 0.29) is 4.92 Å². The van der Waals surface area contributed by atoms with Crippen LogP contribution in [-0.2, 0) is 5.54 Å². The summed E-state index contributed by atoms with van der Waals surface area (Å²) in [5.74, 6) is 0. The highest BCUT2D eigenvalue weighted by molar-refractivity contribution is 5.16. The van der Waals surface area contributed by atoms with Crippen LogP contribution in [0.5, 0.6) is 0 Å². The minimum Gasteiger partial charge on any atom is -0.265 e. The molecular formula is C8H10N2O2. The average molecular weight is 166 g/mol. The number of aromatic nitrogens is 1. The Morgan fingerprint density at radius 2 is 1.92 bits per heavy atom. The molecule has 0 amide bonds. The molecule has 0 unspecified atom stereocenters. The number of pyridine rings is 1. The van der Waals surface area contributed by atoms with Crippen LogP contribution in [0.4, 0.5) is 0 Å². The summed E-state index contributed by atoms with van der Waals surface area (Å²) in [5.41, 5.74) is -0.356. The highest BCUT2D eigenvalue weighted by atomic mass is 16.6. The van der Waals surface area contributed by atoms with Crippen molar-refractivity contribution in [1.29, 1.82) is 0 Å². The third kappa shape index (κ3) is 1.42. The van der Waals surface area contributed by atoms with Gasteiger partial charge in [0.2, 0.25) is 5.54 Å². The van der Waals surface area contributed by atoms with E-state index < -0.39 is 5.54 Å². The molecule has 0 aliphatic heterocycles. The zero-order valence-electron chi connectivity index (χ0n) is 7.02. The highest BCUT2D eigenvalue weighted by Gasteiger charge is 2.32. The zero-order valence-corrected chi connectivity index (χ0v) is 7.02. The SMILES string of the molecule is CC(C)(c1ccncc1)[N+](=O)[O-]. The van der Waals surface area contributed by atoms with Crippen molar-refractivity contribution in [3.05, 3.63) is 40.2 Å². The van der Waals surface area contributed by atoms with Gasteiger partial charge in [0.1, 0.15) is 0 Å². The second-order valence-electron chi connectivity index (χ2n) is 3.05. The predicted octanol–water partition coefficient (Wildman–Crippen LogP) is 1.59. The summed E-state index contributed by atoms with van der Waals surface area (Å²) in [5, 5.41) is 10.6. The van der Waals surface area contributed by atoms with Gasteiger partial charge in [0.25, 0.3) is 0 Å². The van der Waals surface area contributed by atoms with E-state index in [1.807, 2.05) is 0 Å². The first-order valence-corrected chi connectivity index (χ1v) is 3.60. The second-order valence-corrected chi connectivity index (χ2v) is 3.05. The van der Waals surface area contributed by atoms with Gasteiger partial charge in [-0.15, -0.1) is 0 Å². The van der Waals surface area contributed by atoms with Gasteiger partial charge in [-0.05, 0) is 12.1 Å². The van der Waals surface area contributed by atoms with E-state index in [1.165, 1.54) is 0 Å². The molecule has 12 heavy (non-hydrogen) atoms. The predicted molar refractivity (Wildman–Crippen MR) is 44.3 cm³/mol. The molecule has 0 atom stereocenters. The molecule has 1 aromatic heterocycles. The fraction of sp³-hybridized carbons (Fsp3) is 0.375. The molecule has 1 rings (SSSR count). The van der Waals surface area contributed by atoms with Gasteiger partial charge < -0.3 is 0 Å². The van der Waals surface area contributed by atoms with Crippen LogP contribution in [0.3, 0.4) is 0 Å². The molecule has 1 aromatic rings. The van der Waals surface area contributed by atoms with Crippen LogP contribution in [0.2, 0.25) is 0 Å². The molecule has 0 saturated heterocycles. The van der Waals surface area contributed by atoms with Crippen LogP contribution in [0.25, 0.3) is 0 Å². The van der Waals surface area contributed by atoms with Gasteiger partial charge in [-0.1, -0.05) is 0 Å². The minimum atomic E-state index is -1.02. The van der Waals surface area contributed by atoms with Crippen molar-refractivity contribution in [2.24, 2.45) is 0 Å². The summed E-state index contributed by atoms with van der Waals surface area (Å²) in [6.07, 6.45) is 3.11. The lowest BCUT2D eigenvalue weighted by molar-refractivity contribution is -0.569. The number of hydrogen-bond donors (Lipinski definition) is 0. The average Bonchev–Trinajstić information content (AvgIpc) is 2.06. The van der Waals surface area contributed by atoms with E-state index in [0.717, 1.165) is 0 Å². The molecule has 1 heterocycles. The number of rotatable bonds is 2. The van der Waals surface area contributed by atoms with Crippen molar-refractivity contribution >= 4 is 0 Å². The molecule has 0 aliphatic carbocycles. The smallest absolute Gasteiger partial charge is 0.241 e. The summed E-state index contributed by atoms with van der Waals surface area (Å²) < 4.78 is 0. The van der Waals surface area contributed by atoms with Crippen molar-refractivity contribution in [2.75, 3.05) is 0 Å². The summed E-state index contributed by atoms with van der Waals surface area (Å²) >= 11 is 0. The standard InChI is InChI=1S/C8H10N2O2/c1-8(2,10(11)12)7-3-5-9-6-4-7/h3-6H,1-2H3. The molecule has 64 valence electrons. The maximum atomic E-state index is 10.6. The number of nitro groups is 1. The van der Waals surface area contributed by atoms with Crippen molar-refractivity contribution in [3.8, 4) is 0 Å². The normalized spacial score (nSPS) is 11.2.